The summed E-state index contributed by atoms with van der Waals surface area (Å²) in [6.07, 6.45) is 0.126. The van der Waals surface area contributed by atoms with E-state index in [4.69, 9.17) is 0 Å². The first-order chi connectivity index (χ1) is 15.4. The zero-order chi connectivity index (χ0) is 23.3. The summed E-state index contributed by atoms with van der Waals surface area (Å²) in [5.41, 5.74) is 2.36. The van der Waals surface area contributed by atoms with Crippen molar-refractivity contribution in [3.8, 4) is 5.75 Å². The molecular weight excluding hydrogens is 473 g/mol. The van der Waals surface area contributed by atoms with Gasteiger partial charge in [0.25, 0.3) is 0 Å². The van der Waals surface area contributed by atoms with Crippen LogP contribution in [-0.4, -0.2) is 16.1 Å². The number of β-lactam (4-membered cyclic amide) rings is 1. The number of benzene rings is 3. The van der Waals surface area contributed by atoms with Crippen LogP contribution in [0.3, 0.4) is 0 Å². The molecule has 3 aromatic rings. The standard InChI is InChI=1S/C24H21BrFNO3.C2H6/c25-17-5-9-19(10-6-17)27-23(16-3-11-20(28)12-4-16)21(24(27)30)13-14-22(29)15-1-7-18(26)8-2-15;1-2/h1-12,21-23,28-29H,13-14H2;1-2H3/t21-,22?,23?;/m1./s1. The van der Waals surface area contributed by atoms with Crippen LogP contribution in [-0.2, 0) is 4.79 Å². The number of nitrogens with zero attached hydrogens (tertiary/aromatic N) is 1. The summed E-state index contributed by atoms with van der Waals surface area (Å²) in [5.74, 6) is -0.462. The second-order valence-electron chi connectivity index (χ2n) is 7.47. The molecule has 2 unspecified atom stereocenters. The van der Waals surface area contributed by atoms with Gasteiger partial charge in [-0.25, -0.2) is 4.39 Å². The quantitative estimate of drug-likeness (QED) is 0.378. The Labute approximate surface area is 196 Å². The van der Waals surface area contributed by atoms with Gasteiger partial charge in [0.05, 0.1) is 18.1 Å². The predicted molar refractivity (Wildman–Crippen MR) is 128 cm³/mol. The maximum atomic E-state index is 13.1. The molecular formula is C26H27BrFNO3. The van der Waals surface area contributed by atoms with E-state index >= 15 is 0 Å². The maximum absolute atomic E-state index is 13.1. The number of phenols is 1. The van der Waals surface area contributed by atoms with Crippen molar-refractivity contribution in [3.05, 3.63) is 94.2 Å². The first-order valence-corrected chi connectivity index (χ1v) is 11.5. The number of hydrogen-bond donors (Lipinski definition) is 2. The molecule has 1 aliphatic rings. The fourth-order valence-corrected chi connectivity index (χ4v) is 4.23. The van der Waals surface area contributed by atoms with Crippen LogP contribution in [0.4, 0.5) is 10.1 Å². The number of carbonyl (C=O) groups excluding carboxylic acids is 1. The Morgan fingerprint density at radius 3 is 2.16 bits per heavy atom. The van der Waals surface area contributed by atoms with Gasteiger partial charge in [-0.15, -0.1) is 0 Å². The monoisotopic (exact) mass is 499 g/mol. The van der Waals surface area contributed by atoms with Crippen LogP contribution in [0, 0.1) is 11.7 Å². The van der Waals surface area contributed by atoms with Crippen molar-refractivity contribution < 1.29 is 19.4 Å². The van der Waals surface area contributed by atoms with E-state index in [1.165, 1.54) is 12.1 Å². The number of halogens is 2. The summed E-state index contributed by atoms with van der Waals surface area (Å²) in [6.45, 7) is 4.00. The highest BCUT2D eigenvalue weighted by molar-refractivity contribution is 9.10. The average molecular weight is 500 g/mol. The number of rotatable bonds is 6. The molecule has 3 aromatic carbocycles. The van der Waals surface area contributed by atoms with Gasteiger partial charge in [-0.05, 0) is 72.5 Å². The predicted octanol–water partition coefficient (Wildman–Crippen LogP) is 6.54. The average Bonchev–Trinajstić information content (AvgIpc) is 2.81. The zero-order valence-electron chi connectivity index (χ0n) is 18.1. The fraction of sp³-hybridized carbons (Fsp3) is 0.269. The number of aliphatic hydroxyl groups excluding tert-OH is 1. The molecule has 0 aliphatic carbocycles. The van der Waals surface area contributed by atoms with Crippen molar-refractivity contribution in [1.82, 2.24) is 0 Å². The lowest BCUT2D eigenvalue weighted by atomic mass is 9.78. The van der Waals surface area contributed by atoms with Crippen LogP contribution in [0.5, 0.6) is 5.75 Å². The van der Waals surface area contributed by atoms with Gasteiger partial charge in [0, 0.05) is 10.2 Å². The Morgan fingerprint density at radius 1 is 0.969 bits per heavy atom. The van der Waals surface area contributed by atoms with Crippen molar-refractivity contribution >= 4 is 27.5 Å². The van der Waals surface area contributed by atoms with Gasteiger partial charge in [-0.3, -0.25) is 4.79 Å². The molecule has 32 heavy (non-hydrogen) atoms. The third-order valence-corrected chi connectivity index (χ3v) is 6.09. The molecule has 0 bridgehead atoms. The molecule has 1 fully saturated rings. The molecule has 1 heterocycles. The normalized spacial score (nSPS) is 18.4. The SMILES string of the molecule is CC.O=C1[C@H](CCC(O)c2ccc(F)cc2)C(c2ccc(O)cc2)N1c1ccc(Br)cc1. The van der Waals surface area contributed by atoms with Gasteiger partial charge < -0.3 is 15.1 Å². The molecule has 3 atom stereocenters. The van der Waals surface area contributed by atoms with Crippen molar-refractivity contribution in [2.24, 2.45) is 5.92 Å². The van der Waals surface area contributed by atoms with E-state index in [1.807, 2.05) is 50.2 Å². The Bertz CT molecular complexity index is 1020. The molecule has 1 amide bonds. The summed E-state index contributed by atoms with van der Waals surface area (Å²) in [4.78, 5) is 14.8. The molecule has 0 radical (unpaired) electrons. The van der Waals surface area contributed by atoms with Crippen LogP contribution in [0.15, 0.2) is 77.3 Å². The highest BCUT2D eigenvalue weighted by atomic mass is 79.9. The van der Waals surface area contributed by atoms with Gasteiger partial charge in [0.1, 0.15) is 11.6 Å². The van der Waals surface area contributed by atoms with E-state index in [0.717, 1.165) is 15.7 Å². The molecule has 1 aliphatic heterocycles. The van der Waals surface area contributed by atoms with E-state index in [1.54, 1.807) is 29.2 Å². The minimum atomic E-state index is -0.763. The number of phenolic OH excluding ortho intramolecular Hbond substituents is 1. The summed E-state index contributed by atoms with van der Waals surface area (Å²) in [7, 11) is 0. The lowest BCUT2D eigenvalue weighted by molar-refractivity contribution is -0.131. The lowest BCUT2D eigenvalue weighted by Gasteiger charge is -2.48. The number of aliphatic hydroxyl groups is 1. The smallest absolute Gasteiger partial charge is 0.233 e. The lowest BCUT2D eigenvalue weighted by Crippen LogP contribution is -2.55. The summed E-state index contributed by atoms with van der Waals surface area (Å²) in [5, 5.41) is 20.1. The molecule has 6 heteroatoms. The highest BCUT2D eigenvalue weighted by Crippen LogP contribution is 2.46. The van der Waals surface area contributed by atoms with Crippen molar-refractivity contribution in [1.29, 1.82) is 0 Å². The summed E-state index contributed by atoms with van der Waals surface area (Å²) >= 11 is 3.41. The van der Waals surface area contributed by atoms with Crippen molar-refractivity contribution in [3.63, 3.8) is 0 Å². The van der Waals surface area contributed by atoms with E-state index in [2.05, 4.69) is 15.9 Å². The third-order valence-electron chi connectivity index (χ3n) is 5.56. The summed E-state index contributed by atoms with van der Waals surface area (Å²) in [6, 6.07) is 20.0. The van der Waals surface area contributed by atoms with E-state index in [9.17, 15) is 19.4 Å². The Hall–Kier alpha value is -2.70. The summed E-state index contributed by atoms with van der Waals surface area (Å²) < 4.78 is 14.1. The van der Waals surface area contributed by atoms with Gasteiger partial charge in [0.15, 0.2) is 0 Å². The number of carbonyl (C=O) groups is 1. The number of hydrogen-bond acceptors (Lipinski definition) is 3. The first-order valence-electron chi connectivity index (χ1n) is 10.7. The molecule has 2 N–H and O–H groups in total. The minimum absolute atomic E-state index is 0.00158. The van der Waals surface area contributed by atoms with E-state index in [0.29, 0.717) is 18.4 Å². The zero-order valence-corrected chi connectivity index (χ0v) is 19.7. The second-order valence-corrected chi connectivity index (χ2v) is 8.39. The Balaban J connectivity index is 0.00000141. The second kappa shape index (κ2) is 10.7. The van der Waals surface area contributed by atoms with Crippen LogP contribution in [0.25, 0.3) is 0 Å². The molecule has 0 saturated carbocycles. The third kappa shape index (κ3) is 5.19. The molecule has 168 valence electrons. The van der Waals surface area contributed by atoms with Gasteiger partial charge in [0.2, 0.25) is 5.91 Å². The van der Waals surface area contributed by atoms with Crippen LogP contribution < -0.4 is 4.90 Å². The molecule has 4 rings (SSSR count). The number of amides is 1. The molecule has 0 aromatic heterocycles. The number of aromatic hydroxyl groups is 1. The largest absolute Gasteiger partial charge is 0.508 e. The van der Waals surface area contributed by atoms with Gasteiger partial charge >= 0.3 is 0 Å². The maximum Gasteiger partial charge on any atom is 0.233 e. The van der Waals surface area contributed by atoms with Crippen LogP contribution in [0.2, 0.25) is 0 Å². The molecule has 0 spiro atoms. The minimum Gasteiger partial charge on any atom is -0.508 e. The Kier molecular flexibility index (Phi) is 8.04. The van der Waals surface area contributed by atoms with Crippen molar-refractivity contribution in [2.45, 2.75) is 38.8 Å². The van der Waals surface area contributed by atoms with Crippen molar-refractivity contribution in [2.75, 3.05) is 4.90 Å². The van der Waals surface area contributed by atoms with E-state index < -0.39 is 6.10 Å². The fourth-order valence-electron chi connectivity index (χ4n) is 3.96. The van der Waals surface area contributed by atoms with Crippen LogP contribution in [0.1, 0.15) is 50.0 Å². The van der Waals surface area contributed by atoms with Gasteiger partial charge in [-0.2, -0.15) is 0 Å². The number of anilines is 1. The Morgan fingerprint density at radius 2 is 1.56 bits per heavy atom. The van der Waals surface area contributed by atoms with Crippen LogP contribution >= 0.6 is 15.9 Å². The topological polar surface area (TPSA) is 60.8 Å². The van der Waals surface area contributed by atoms with Gasteiger partial charge in [-0.1, -0.05) is 54.0 Å². The first kappa shape index (κ1) is 24.0. The van der Waals surface area contributed by atoms with E-state index in [-0.39, 0.29) is 29.4 Å². The highest BCUT2D eigenvalue weighted by Gasteiger charge is 2.48. The molecule has 1 saturated heterocycles. The molecule has 4 nitrogen and oxygen atoms in total.